The van der Waals surface area contributed by atoms with Crippen molar-refractivity contribution in [3.05, 3.63) is 23.5 Å². The lowest BCUT2D eigenvalue weighted by molar-refractivity contribution is 1.09. The molecule has 11 heavy (non-hydrogen) atoms. The molecule has 0 radical (unpaired) electrons. The largest absolute Gasteiger partial charge is 0.277 e. The second kappa shape index (κ2) is 2.47. The Morgan fingerprint density at radius 2 is 2.45 bits per heavy atom. The maximum absolute atomic E-state index is 4.14. The van der Waals surface area contributed by atoms with Crippen LogP contribution in [0.4, 0.5) is 0 Å². The number of hydrogen-bond donors (Lipinski definition) is 1. The van der Waals surface area contributed by atoms with Crippen LogP contribution in [0, 0.1) is 6.92 Å². The van der Waals surface area contributed by atoms with Crippen molar-refractivity contribution in [2.24, 2.45) is 0 Å². The molecule has 0 fully saturated rings. The monoisotopic (exact) mass is 165 g/mol. The normalized spacial score (nSPS) is 10.3. The molecule has 0 aliphatic carbocycles. The summed E-state index contributed by atoms with van der Waals surface area (Å²) in [4.78, 5) is 5.31. The molecule has 0 unspecified atom stereocenters. The van der Waals surface area contributed by atoms with Crippen molar-refractivity contribution in [1.82, 2.24) is 15.2 Å². The predicted molar refractivity (Wildman–Crippen MR) is 44.4 cm³/mol. The van der Waals surface area contributed by atoms with E-state index in [9.17, 15) is 0 Å². The van der Waals surface area contributed by atoms with Gasteiger partial charge in [0.05, 0.1) is 21.8 Å². The van der Waals surface area contributed by atoms with Crippen LogP contribution in [0.5, 0.6) is 0 Å². The highest BCUT2D eigenvalue weighted by atomic mass is 32.1. The first-order chi connectivity index (χ1) is 5.38. The second-order valence-electron chi connectivity index (χ2n) is 2.24. The third kappa shape index (κ3) is 1.05. The zero-order valence-corrected chi connectivity index (χ0v) is 6.85. The zero-order chi connectivity index (χ0) is 7.68. The van der Waals surface area contributed by atoms with E-state index in [4.69, 9.17) is 0 Å². The third-order valence-electron chi connectivity index (χ3n) is 1.49. The highest BCUT2D eigenvalue weighted by molar-refractivity contribution is 7.13. The van der Waals surface area contributed by atoms with Crippen LogP contribution in [0.15, 0.2) is 17.8 Å². The van der Waals surface area contributed by atoms with Crippen molar-refractivity contribution >= 4 is 11.3 Å². The van der Waals surface area contributed by atoms with Gasteiger partial charge in [0.15, 0.2) is 0 Å². The predicted octanol–water partition coefficient (Wildman–Crippen LogP) is 1.84. The lowest BCUT2D eigenvalue weighted by Crippen LogP contribution is -1.76. The molecule has 0 aliphatic heterocycles. The summed E-state index contributed by atoms with van der Waals surface area (Å²) in [5.74, 6) is 0. The van der Waals surface area contributed by atoms with Crippen molar-refractivity contribution in [2.45, 2.75) is 6.92 Å². The van der Waals surface area contributed by atoms with Gasteiger partial charge in [0.1, 0.15) is 0 Å². The molecule has 0 saturated carbocycles. The maximum atomic E-state index is 4.14. The SMILES string of the molecule is Cc1ncsc1-c1ccn[nH]1. The molecule has 1 N–H and O–H groups in total. The lowest BCUT2D eigenvalue weighted by atomic mass is 10.3. The molecule has 0 aromatic carbocycles. The Hall–Kier alpha value is -1.16. The Morgan fingerprint density at radius 1 is 1.55 bits per heavy atom. The van der Waals surface area contributed by atoms with Crippen LogP contribution >= 0.6 is 11.3 Å². The summed E-state index contributed by atoms with van der Waals surface area (Å²) < 4.78 is 0. The summed E-state index contributed by atoms with van der Waals surface area (Å²) in [7, 11) is 0. The molecular weight excluding hydrogens is 158 g/mol. The molecule has 0 amide bonds. The zero-order valence-electron chi connectivity index (χ0n) is 6.03. The average molecular weight is 165 g/mol. The highest BCUT2D eigenvalue weighted by Gasteiger charge is 2.03. The van der Waals surface area contributed by atoms with Crippen molar-refractivity contribution in [3.63, 3.8) is 0 Å². The maximum Gasteiger partial charge on any atom is 0.0801 e. The molecule has 0 aliphatic rings. The van der Waals surface area contributed by atoms with Crippen molar-refractivity contribution in [1.29, 1.82) is 0 Å². The van der Waals surface area contributed by atoms with E-state index in [0.717, 1.165) is 11.4 Å². The van der Waals surface area contributed by atoms with Gasteiger partial charge in [-0.15, -0.1) is 11.3 Å². The van der Waals surface area contributed by atoms with Crippen LogP contribution < -0.4 is 0 Å². The summed E-state index contributed by atoms with van der Waals surface area (Å²) in [5, 5.41) is 6.77. The van der Waals surface area contributed by atoms with E-state index in [1.165, 1.54) is 4.88 Å². The topological polar surface area (TPSA) is 41.6 Å². The molecule has 0 bridgehead atoms. The van der Waals surface area contributed by atoms with E-state index < -0.39 is 0 Å². The fourth-order valence-electron chi connectivity index (χ4n) is 0.943. The van der Waals surface area contributed by atoms with Crippen LogP contribution in [-0.2, 0) is 0 Å². The Labute approximate surface area is 68.1 Å². The Balaban J connectivity index is 2.53. The first-order valence-electron chi connectivity index (χ1n) is 3.28. The van der Waals surface area contributed by atoms with Crippen molar-refractivity contribution in [3.8, 4) is 10.6 Å². The van der Waals surface area contributed by atoms with Crippen LogP contribution in [0.25, 0.3) is 10.6 Å². The van der Waals surface area contributed by atoms with Crippen LogP contribution in [0.2, 0.25) is 0 Å². The van der Waals surface area contributed by atoms with Gasteiger partial charge in [0, 0.05) is 6.20 Å². The number of aryl methyl sites for hydroxylation is 1. The quantitative estimate of drug-likeness (QED) is 0.700. The molecule has 2 heterocycles. The first-order valence-corrected chi connectivity index (χ1v) is 4.16. The number of rotatable bonds is 1. The number of thiazole rings is 1. The van der Waals surface area contributed by atoms with E-state index in [1.54, 1.807) is 17.5 Å². The molecule has 4 heteroatoms. The van der Waals surface area contributed by atoms with Gasteiger partial charge >= 0.3 is 0 Å². The van der Waals surface area contributed by atoms with Crippen molar-refractivity contribution in [2.75, 3.05) is 0 Å². The summed E-state index contributed by atoms with van der Waals surface area (Å²) >= 11 is 1.62. The van der Waals surface area contributed by atoms with Gasteiger partial charge in [-0.1, -0.05) is 0 Å². The van der Waals surface area contributed by atoms with Crippen LogP contribution in [-0.4, -0.2) is 15.2 Å². The average Bonchev–Trinajstić information content (AvgIpc) is 2.55. The van der Waals surface area contributed by atoms with Gasteiger partial charge in [-0.25, -0.2) is 4.98 Å². The second-order valence-corrected chi connectivity index (χ2v) is 3.09. The first kappa shape index (κ1) is 6.54. The Kier molecular flexibility index (Phi) is 1.47. The van der Waals surface area contributed by atoms with Gasteiger partial charge in [-0.05, 0) is 13.0 Å². The summed E-state index contributed by atoms with van der Waals surface area (Å²) in [6.45, 7) is 1.99. The number of nitrogens with zero attached hydrogens (tertiary/aromatic N) is 2. The number of hydrogen-bond acceptors (Lipinski definition) is 3. The third-order valence-corrected chi connectivity index (χ3v) is 2.45. The smallest absolute Gasteiger partial charge is 0.0801 e. The molecule has 2 rings (SSSR count). The minimum Gasteiger partial charge on any atom is -0.277 e. The molecular formula is C7H7N3S. The fraction of sp³-hybridized carbons (Fsp3) is 0.143. The molecule has 2 aromatic rings. The standard InChI is InChI=1S/C7H7N3S/c1-5-7(11-4-8-5)6-2-3-9-10-6/h2-4H,1H3,(H,9,10). The van der Waals surface area contributed by atoms with Gasteiger partial charge < -0.3 is 0 Å². The Bertz CT molecular complexity index is 336. The molecule has 0 spiro atoms. The van der Waals surface area contributed by atoms with E-state index in [0.29, 0.717) is 0 Å². The highest BCUT2D eigenvalue weighted by Crippen LogP contribution is 2.24. The summed E-state index contributed by atoms with van der Waals surface area (Å²) in [5.41, 5.74) is 3.94. The molecule has 3 nitrogen and oxygen atoms in total. The molecule has 0 atom stereocenters. The van der Waals surface area contributed by atoms with E-state index >= 15 is 0 Å². The summed E-state index contributed by atoms with van der Waals surface area (Å²) in [6, 6.07) is 1.94. The summed E-state index contributed by atoms with van der Waals surface area (Å²) in [6.07, 6.45) is 1.74. The molecule has 0 saturated heterocycles. The number of aromatic amines is 1. The lowest BCUT2D eigenvalue weighted by Gasteiger charge is -1.89. The number of nitrogens with one attached hydrogen (secondary N) is 1. The molecule has 2 aromatic heterocycles. The van der Waals surface area contributed by atoms with Gasteiger partial charge in [-0.3, -0.25) is 5.10 Å². The number of aromatic nitrogens is 3. The van der Waals surface area contributed by atoms with Gasteiger partial charge in [-0.2, -0.15) is 5.10 Å². The van der Waals surface area contributed by atoms with Gasteiger partial charge in [0.2, 0.25) is 0 Å². The minimum absolute atomic E-state index is 1.05. The van der Waals surface area contributed by atoms with E-state index in [2.05, 4.69) is 15.2 Å². The van der Waals surface area contributed by atoms with Crippen molar-refractivity contribution < 1.29 is 0 Å². The Morgan fingerprint density at radius 3 is 3.00 bits per heavy atom. The van der Waals surface area contributed by atoms with Crippen LogP contribution in [0.3, 0.4) is 0 Å². The van der Waals surface area contributed by atoms with E-state index in [1.807, 2.05) is 18.5 Å². The minimum atomic E-state index is 1.05. The fourth-order valence-corrected chi connectivity index (χ4v) is 1.72. The van der Waals surface area contributed by atoms with Gasteiger partial charge in [0.25, 0.3) is 0 Å². The molecule has 56 valence electrons. The number of H-pyrrole nitrogens is 1. The van der Waals surface area contributed by atoms with E-state index in [-0.39, 0.29) is 0 Å². The van der Waals surface area contributed by atoms with Crippen LogP contribution in [0.1, 0.15) is 5.69 Å².